The lowest BCUT2D eigenvalue weighted by Crippen LogP contribution is -2.16. The van der Waals surface area contributed by atoms with Gasteiger partial charge in [-0.1, -0.05) is 12.1 Å². The van der Waals surface area contributed by atoms with Gasteiger partial charge in [-0.3, -0.25) is 14.9 Å². The van der Waals surface area contributed by atoms with Gasteiger partial charge in [-0.2, -0.15) is 0 Å². The normalized spacial score (nSPS) is 10.6. The van der Waals surface area contributed by atoms with Crippen LogP contribution in [0.1, 0.15) is 15.9 Å². The number of hydrogen-bond donors (Lipinski definition) is 1. The molecule has 0 bridgehead atoms. The number of anilines is 1. The number of hydrogen-bond acceptors (Lipinski definition) is 7. The van der Waals surface area contributed by atoms with Gasteiger partial charge in [0.25, 0.3) is 5.91 Å². The molecular formula is C20H25N3O6. The summed E-state index contributed by atoms with van der Waals surface area (Å²) in [4.78, 5) is 25.8. The van der Waals surface area contributed by atoms with Crippen LogP contribution in [0.25, 0.3) is 0 Å². The number of benzene rings is 2. The molecule has 0 fully saturated rings. The first-order valence-electron chi connectivity index (χ1n) is 8.84. The van der Waals surface area contributed by atoms with Crippen LogP contribution in [0.4, 0.5) is 11.4 Å². The summed E-state index contributed by atoms with van der Waals surface area (Å²) >= 11 is 0. The predicted octanol–water partition coefficient (Wildman–Crippen LogP) is 2.98. The maximum atomic E-state index is 12.8. The van der Waals surface area contributed by atoms with E-state index in [0.717, 1.165) is 18.5 Å². The fourth-order valence-corrected chi connectivity index (χ4v) is 2.80. The van der Waals surface area contributed by atoms with Crippen molar-refractivity contribution in [2.45, 2.75) is 6.42 Å². The lowest BCUT2D eigenvalue weighted by molar-refractivity contribution is -0.386. The van der Waals surface area contributed by atoms with E-state index in [1.807, 2.05) is 26.2 Å². The van der Waals surface area contributed by atoms with E-state index in [2.05, 4.69) is 10.2 Å². The van der Waals surface area contributed by atoms with Gasteiger partial charge in [0.05, 0.1) is 26.3 Å². The molecule has 0 unspecified atom stereocenters. The summed E-state index contributed by atoms with van der Waals surface area (Å²) in [6, 6.07) is 8.59. The molecule has 0 saturated carbocycles. The van der Waals surface area contributed by atoms with E-state index < -0.39 is 16.5 Å². The van der Waals surface area contributed by atoms with Crippen LogP contribution < -0.4 is 19.5 Å². The molecule has 0 atom stereocenters. The molecule has 2 aromatic carbocycles. The summed E-state index contributed by atoms with van der Waals surface area (Å²) in [7, 11) is 7.97. The Balaban J connectivity index is 2.36. The first kappa shape index (κ1) is 22.0. The minimum Gasteiger partial charge on any atom is -0.493 e. The Morgan fingerprint density at radius 2 is 1.69 bits per heavy atom. The Hall–Kier alpha value is -3.33. The van der Waals surface area contributed by atoms with E-state index in [4.69, 9.17) is 14.2 Å². The standard InChI is InChI=1S/C20H25N3O6/c1-22(2)11-10-13-6-8-14(9-7-13)21-20(24)15-12-16(27-3)18(28-4)19(29-5)17(15)23(25)26/h6-9,12H,10-11H2,1-5H3,(H,21,24). The second-order valence-electron chi connectivity index (χ2n) is 6.50. The maximum absolute atomic E-state index is 12.8. The number of amides is 1. The third-order valence-corrected chi connectivity index (χ3v) is 4.29. The highest BCUT2D eigenvalue weighted by Gasteiger charge is 2.32. The summed E-state index contributed by atoms with van der Waals surface area (Å²) in [5.41, 5.74) is 0.952. The lowest BCUT2D eigenvalue weighted by Gasteiger charge is -2.15. The van der Waals surface area contributed by atoms with E-state index in [9.17, 15) is 14.9 Å². The summed E-state index contributed by atoms with van der Waals surface area (Å²) in [5, 5.41) is 14.3. The molecule has 0 aliphatic rings. The van der Waals surface area contributed by atoms with Crippen molar-refractivity contribution in [1.29, 1.82) is 0 Å². The van der Waals surface area contributed by atoms with Crippen molar-refractivity contribution in [3.63, 3.8) is 0 Å². The monoisotopic (exact) mass is 403 g/mol. The van der Waals surface area contributed by atoms with Crippen molar-refractivity contribution in [3.05, 3.63) is 51.6 Å². The first-order valence-corrected chi connectivity index (χ1v) is 8.84. The van der Waals surface area contributed by atoms with Crippen molar-refractivity contribution in [3.8, 4) is 17.2 Å². The zero-order valence-electron chi connectivity index (χ0n) is 17.1. The molecule has 0 aliphatic heterocycles. The van der Waals surface area contributed by atoms with E-state index in [0.29, 0.717) is 5.69 Å². The SMILES string of the molecule is COc1cc(C(=O)Nc2ccc(CCN(C)C)cc2)c([N+](=O)[O-])c(OC)c1OC. The first-order chi connectivity index (χ1) is 13.8. The van der Waals surface area contributed by atoms with Gasteiger partial charge in [-0.15, -0.1) is 0 Å². The van der Waals surface area contributed by atoms with Crippen LogP contribution in [0, 0.1) is 10.1 Å². The fraction of sp³-hybridized carbons (Fsp3) is 0.350. The summed E-state index contributed by atoms with van der Waals surface area (Å²) in [5.74, 6) is -0.638. The molecule has 9 heteroatoms. The molecule has 0 aliphatic carbocycles. The number of nitro groups is 1. The van der Waals surface area contributed by atoms with Gasteiger partial charge in [0, 0.05) is 18.3 Å². The van der Waals surface area contributed by atoms with Crippen molar-refractivity contribution in [2.75, 3.05) is 47.3 Å². The molecule has 0 saturated heterocycles. The van der Waals surface area contributed by atoms with Crippen LogP contribution >= 0.6 is 0 Å². The van der Waals surface area contributed by atoms with Gasteiger partial charge in [0.1, 0.15) is 5.56 Å². The van der Waals surface area contributed by atoms with Crippen molar-refractivity contribution in [1.82, 2.24) is 4.90 Å². The van der Waals surface area contributed by atoms with Gasteiger partial charge in [-0.25, -0.2) is 0 Å². The molecule has 0 aromatic heterocycles. The van der Waals surface area contributed by atoms with Gasteiger partial charge >= 0.3 is 5.69 Å². The Kier molecular flexibility index (Phi) is 7.38. The predicted molar refractivity (Wildman–Crippen MR) is 109 cm³/mol. The molecule has 9 nitrogen and oxygen atoms in total. The zero-order valence-corrected chi connectivity index (χ0v) is 17.1. The Bertz CT molecular complexity index is 881. The van der Waals surface area contributed by atoms with Crippen LogP contribution in [0.5, 0.6) is 17.2 Å². The Labute approximate surface area is 169 Å². The third kappa shape index (κ3) is 5.14. The number of likely N-dealkylation sites (N-methyl/N-ethyl adjacent to an activating group) is 1. The van der Waals surface area contributed by atoms with Crippen LogP contribution in [-0.4, -0.2) is 57.7 Å². The highest BCUT2D eigenvalue weighted by atomic mass is 16.6. The number of nitrogens with zero attached hydrogens (tertiary/aromatic N) is 2. The molecule has 2 rings (SSSR count). The van der Waals surface area contributed by atoms with Gasteiger partial charge < -0.3 is 24.4 Å². The highest BCUT2D eigenvalue weighted by molar-refractivity contribution is 6.08. The van der Waals surface area contributed by atoms with Gasteiger partial charge in [-0.05, 0) is 38.2 Å². The summed E-state index contributed by atoms with van der Waals surface area (Å²) in [6.45, 7) is 0.906. The molecule has 29 heavy (non-hydrogen) atoms. The number of nitrogens with one attached hydrogen (secondary N) is 1. The fourth-order valence-electron chi connectivity index (χ4n) is 2.80. The van der Waals surface area contributed by atoms with Gasteiger partial charge in [0.15, 0.2) is 5.75 Å². The van der Waals surface area contributed by atoms with E-state index >= 15 is 0 Å². The van der Waals surface area contributed by atoms with Gasteiger partial charge in [0.2, 0.25) is 11.5 Å². The third-order valence-electron chi connectivity index (χ3n) is 4.29. The summed E-state index contributed by atoms with van der Waals surface area (Å²) < 4.78 is 15.5. The topological polar surface area (TPSA) is 103 Å². The molecule has 1 N–H and O–H groups in total. The minimum atomic E-state index is -0.681. The number of carbonyl (C=O) groups excluding carboxylic acids is 1. The Morgan fingerprint density at radius 3 is 2.17 bits per heavy atom. The minimum absolute atomic E-state index is 0.0449. The second kappa shape index (κ2) is 9.74. The molecule has 2 aromatic rings. The molecule has 0 heterocycles. The molecular weight excluding hydrogens is 378 g/mol. The maximum Gasteiger partial charge on any atom is 0.327 e. The number of ether oxygens (including phenoxy) is 3. The van der Waals surface area contributed by atoms with E-state index in [-0.39, 0.29) is 22.8 Å². The van der Waals surface area contributed by atoms with E-state index in [1.165, 1.54) is 27.4 Å². The summed E-state index contributed by atoms with van der Waals surface area (Å²) in [6.07, 6.45) is 0.875. The van der Waals surface area contributed by atoms with Crippen LogP contribution in [0.3, 0.4) is 0 Å². The number of carbonyl (C=O) groups is 1. The molecule has 156 valence electrons. The smallest absolute Gasteiger partial charge is 0.327 e. The number of rotatable bonds is 9. The van der Waals surface area contributed by atoms with Crippen LogP contribution in [0.2, 0.25) is 0 Å². The van der Waals surface area contributed by atoms with Crippen molar-refractivity contribution in [2.24, 2.45) is 0 Å². The Morgan fingerprint density at radius 1 is 1.07 bits per heavy atom. The van der Waals surface area contributed by atoms with Crippen LogP contribution in [-0.2, 0) is 6.42 Å². The highest BCUT2D eigenvalue weighted by Crippen LogP contribution is 2.46. The number of methoxy groups -OCH3 is 3. The zero-order chi connectivity index (χ0) is 21.6. The van der Waals surface area contributed by atoms with Crippen molar-refractivity contribution >= 4 is 17.3 Å². The molecule has 0 spiro atoms. The quantitative estimate of drug-likeness (QED) is 0.507. The average Bonchev–Trinajstić information content (AvgIpc) is 2.71. The van der Waals surface area contributed by atoms with E-state index in [1.54, 1.807) is 12.1 Å². The number of nitro benzene ring substituents is 1. The van der Waals surface area contributed by atoms with Crippen LogP contribution in [0.15, 0.2) is 30.3 Å². The molecule has 0 radical (unpaired) electrons. The largest absolute Gasteiger partial charge is 0.493 e. The average molecular weight is 403 g/mol. The van der Waals surface area contributed by atoms with Crippen molar-refractivity contribution < 1.29 is 23.9 Å². The molecule has 1 amide bonds. The second-order valence-corrected chi connectivity index (χ2v) is 6.50. The lowest BCUT2D eigenvalue weighted by atomic mass is 10.1.